The number of rotatable bonds is 5. The largest absolute Gasteiger partial charge is 0.402 e. The van der Waals surface area contributed by atoms with E-state index in [2.05, 4.69) is 18.0 Å². The molecule has 7 nitrogen and oxygen atoms in total. The van der Waals surface area contributed by atoms with Crippen molar-refractivity contribution in [3.63, 3.8) is 0 Å². The van der Waals surface area contributed by atoms with Crippen LogP contribution in [-0.4, -0.2) is 39.5 Å². The van der Waals surface area contributed by atoms with Gasteiger partial charge in [-0.2, -0.15) is 5.26 Å². The Hall–Kier alpha value is -4.70. The van der Waals surface area contributed by atoms with Crippen LogP contribution in [0.1, 0.15) is 35.7 Å². The monoisotopic (exact) mass is 488 g/mol. The number of hydrogen-bond donors (Lipinski definition) is 2. The summed E-state index contributed by atoms with van der Waals surface area (Å²) < 4.78 is 2.04. The van der Waals surface area contributed by atoms with Gasteiger partial charge in [0.2, 0.25) is 0 Å². The zero-order chi connectivity index (χ0) is 26.0. The Morgan fingerprint density at radius 3 is 2.32 bits per heavy atom. The number of nitriles is 1. The number of aromatic nitrogens is 2. The maximum absolute atomic E-state index is 13.2. The number of amides is 1. The average molecular weight is 489 g/mol. The minimum absolute atomic E-state index is 0.0244. The summed E-state index contributed by atoms with van der Waals surface area (Å²) in [6.07, 6.45) is 8.30. The molecule has 5 rings (SSSR count). The Morgan fingerprint density at radius 2 is 1.68 bits per heavy atom. The lowest BCUT2D eigenvalue weighted by Crippen LogP contribution is -2.44. The Balaban J connectivity index is 1.34. The lowest BCUT2D eigenvalue weighted by Gasteiger charge is -2.39. The molecule has 2 aromatic heterocycles. The van der Waals surface area contributed by atoms with Crippen molar-refractivity contribution in [2.75, 3.05) is 13.1 Å². The van der Waals surface area contributed by atoms with E-state index in [9.17, 15) is 4.79 Å². The van der Waals surface area contributed by atoms with Crippen LogP contribution in [0.25, 0.3) is 28.0 Å². The summed E-state index contributed by atoms with van der Waals surface area (Å²) in [6.45, 7) is 3.38. The van der Waals surface area contributed by atoms with Crippen molar-refractivity contribution in [3.05, 3.63) is 96.0 Å². The van der Waals surface area contributed by atoms with E-state index in [-0.39, 0.29) is 11.3 Å². The third-order valence-corrected chi connectivity index (χ3v) is 7.39. The number of hydrogen-bond acceptors (Lipinski definition) is 5. The molecule has 0 saturated carbocycles. The molecule has 7 heteroatoms. The molecule has 0 atom stereocenters. The van der Waals surface area contributed by atoms with Gasteiger partial charge in [-0.25, -0.2) is 4.98 Å². The molecule has 1 amide bonds. The van der Waals surface area contributed by atoms with Crippen molar-refractivity contribution >= 4 is 17.8 Å². The zero-order valence-electron chi connectivity index (χ0n) is 20.7. The molecule has 3 N–H and O–H groups in total. The molecular formula is C30H28N6O. The first-order valence-corrected chi connectivity index (χ1v) is 12.3. The Morgan fingerprint density at radius 1 is 1.03 bits per heavy atom. The summed E-state index contributed by atoms with van der Waals surface area (Å²) in [5, 5.41) is 16.3. The number of carbonyl (C=O) groups is 1. The van der Waals surface area contributed by atoms with Crippen molar-refractivity contribution in [1.29, 1.82) is 10.7 Å². The van der Waals surface area contributed by atoms with E-state index < -0.39 is 0 Å². The van der Waals surface area contributed by atoms with Crippen LogP contribution in [0.5, 0.6) is 0 Å². The highest BCUT2D eigenvalue weighted by Gasteiger charge is 2.34. The van der Waals surface area contributed by atoms with Crippen LogP contribution in [-0.2, 0) is 0 Å². The number of imidazole rings is 1. The smallest absolute Gasteiger partial charge is 0.253 e. The molecule has 0 unspecified atom stereocenters. The summed E-state index contributed by atoms with van der Waals surface area (Å²) in [6, 6.07) is 21.3. The quantitative estimate of drug-likeness (QED) is 0.373. The second-order valence-electron chi connectivity index (χ2n) is 9.70. The van der Waals surface area contributed by atoms with Crippen molar-refractivity contribution in [2.24, 2.45) is 11.1 Å². The number of nitrogens with one attached hydrogen (secondary N) is 1. The van der Waals surface area contributed by atoms with Crippen LogP contribution < -0.4 is 5.73 Å². The molecule has 184 valence electrons. The normalized spacial score (nSPS) is 15.4. The van der Waals surface area contributed by atoms with Gasteiger partial charge in [0.1, 0.15) is 5.65 Å². The molecule has 0 bridgehead atoms. The highest BCUT2D eigenvalue weighted by atomic mass is 16.2. The summed E-state index contributed by atoms with van der Waals surface area (Å²) >= 11 is 0. The van der Waals surface area contributed by atoms with E-state index in [1.807, 2.05) is 70.2 Å². The lowest BCUT2D eigenvalue weighted by molar-refractivity contribution is 0.0645. The van der Waals surface area contributed by atoms with Crippen LogP contribution in [0.3, 0.4) is 0 Å². The van der Waals surface area contributed by atoms with Gasteiger partial charge in [0.15, 0.2) is 0 Å². The maximum Gasteiger partial charge on any atom is 0.253 e. The molecule has 0 spiro atoms. The van der Waals surface area contributed by atoms with Gasteiger partial charge in [0.25, 0.3) is 5.91 Å². The molecule has 37 heavy (non-hydrogen) atoms. The van der Waals surface area contributed by atoms with Gasteiger partial charge in [-0.3, -0.25) is 9.20 Å². The Kier molecular flexibility index (Phi) is 6.33. The maximum atomic E-state index is 13.2. The van der Waals surface area contributed by atoms with Crippen molar-refractivity contribution < 1.29 is 4.79 Å². The number of allylic oxidation sites excluding steroid dienone is 2. The predicted molar refractivity (Wildman–Crippen MR) is 145 cm³/mol. The first kappa shape index (κ1) is 24.0. The second kappa shape index (κ2) is 9.75. The fraction of sp³-hybridized carbons (Fsp3) is 0.200. The van der Waals surface area contributed by atoms with E-state index >= 15 is 0 Å². The fourth-order valence-electron chi connectivity index (χ4n) is 4.85. The molecule has 4 aromatic rings. The SMILES string of the molecule is CC1(C(N)=CC=N)CCN(C(=O)c2ccc(-c3ccc4ncc(-c5ccc(C#N)cc5)n4c3)cc2)CC1. The molecule has 1 saturated heterocycles. The second-order valence-corrected chi connectivity index (χ2v) is 9.70. The van der Waals surface area contributed by atoms with Gasteiger partial charge < -0.3 is 16.0 Å². The topological polar surface area (TPSA) is 111 Å². The summed E-state index contributed by atoms with van der Waals surface area (Å²) in [5.41, 5.74) is 12.8. The van der Waals surface area contributed by atoms with Gasteiger partial charge in [0.05, 0.1) is 23.5 Å². The summed E-state index contributed by atoms with van der Waals surface area (Å²) in [4.78, 5) is 19.6. The lowest BCUT2D eigenvalue weighted by atomic mass is 9.77. The molecule has 1 aliphatic rings. The van der Waals surface area contributed by atoms with Gasteiger partial charge in [-0.05, 0) is 66.4 Å². The van der Waals surface area contributed by atoms with E-state index in [1.54, 1.807) is 18.2 Å². The first-order chi connectivity index (χ1) is 17.9. The Bertz CT molecular complexity index is 1530. The Labute approximate surface area is 216 Å². The van der Waals surface area contributed by atoms with Crippen molar-refractivity contribution in [1.82, 2.24) is 14.3 Å². The van der Waals surface area contributed by atoms with Crippen LogP contribution >= 0.6 is 0 Å². The van der Waals surface area contributed by atoms with E-state index in [0.717, 1.165) is 40.9 Å². The number of fused-ring (bicyclic) bond motifs is 1. The standard InChI is InChI=1S/C30H28N6O/c1-30(27(33)12-15-31)13-16-35(17-14-30)29(37)24-8-6-22(7-9-24)25-10-11-28-34-19-26(36(28)20-25)23-4-2-21(18-32)3-5-23/h2-12,15,19-20,31H,13-14,16-17,33H2,1H3. The molecule has 3 heterocycles. The van der Waals surface area contributed by atoms with E-state index in [4.69, 9.17) is 16.4 Å². The molecular weight excluding hydrogens is 460 g/mol. The number of pyridine rings is 1. The third kappa shape index (κ3) is 4.62. The summed E-state index contributed by atoms with van der Waals surface area (Å²) in [7, 11) is 0. The minimum atomic E-state index is -0.180. The van der Waals surface area contributed by atoms with Crippen molar-refractivity contribution in [3.8, 4) is 28.5 Å². The van der Waals surface area contributed by atoms with Crippen molar-refractivity contribution in [2.45, 2.75) is 19.8 Å². The number of nitrogens with two attached hydrogens (primary N) is 1. The van der Waals surface area contributed by atoms with Crippen LogP contribution in [0, 0.1) is 22.2 Å². The zero-order valence-corrected chi connectivity index (χ0v) is 20.7. The third-order valence-electron chi connectivity index (χ3n) is 7.39. The van der Waals surface area contributed by atoms with Crippen LogP contribution in [0.4, 0.5) is 0 Å². The summed E-state index contributed by atoms with van der Waals surface area (Å²) in [5.74, 6) is 0.0244. The average Bonchev–Trinajstić information content (AvgIpc) is 3.37. The number of likely N-dealkylation sites (tertiary alicyclic amines) is 1. The van der Waals surface area contributed by atoms with Crippen LogP contribution in [0.15, 0.2) is 84.8 Å². The van der Waals surface area contributed by atoms with E-state index in [1.165, 1.54) is 6.21 Å². The number of nitrogens with zero attached hydrogens (tertiary/aromatic N) is 4. The minimum Gasteiger partial charge on any atom is -0.402 e. The molecule has 0 radical (unpaired) electrons. The highest BCUT2D eigenvalue weighted by Crippen LogP contribution is 2.36. The van der Waals surface area contributed by atoms with Gasteiger partial charge in [0, 0.05) is 47.7 Å². The van der Waals surface area contributed by atoms with Crippen LogP contribution in [0.2, 0.25) is 0 Å². The van der Waals surface area contributed by atoms with Gasteiger partial charge in [-0.1, -0.05) is 31.2 Å². The molecule has 0 aliphatic carbocycles. The predicted octanol–water partition coefficient (Wildman–Crippen LogP) is 5.27. The fourth-order valence-corrected chi connectivity index (χ4v) is 4.85. The first-order valence-electron chi connectivity index (χ1n) is 12.3. The van der Waals surface area contributed by atoms with Gasteiger partial charge >= 0.3 is 0 Å². The molecule has 2 aromatic carbocycles. The van der Waals surface area contributed by atoms with E-state index in [0.29, 0.717) is 29.9 Å². The van der Waals surface area contributed by atoms with Gasteiger partial charge in [-0.15, -0.1) is 0 Å². The number of carbonyl (C=O) groups excluding carboxylic acids is 1. The molecule has 1 fully saturated rings. The number of piperidine rings is 1. The number of benzene rings is 2. The molecule has 1 aliphatic heterocycles. The highest BCUT2D eigenvalue weighted by molar-refractivity contribution is 5.94.